The van der Waals surface area contributed by atoms with Crippen LogP contribution >= 0.6 is 0 Å². The minimum absolute atomic E-state index is 0.327. The average molecular weight is 296 g/mol. The van der Waals surface area contributed by atoms with Crippen molar-refractivity contribution >= 4 is 12.0 Å². The lowest BCUT2D eigenvalue weighted by Crippen LogP contribution is -2.60. The lowest BCUT2D eigenvalue weighted by atomic mass is 9.90. The summed E-state index contributed by atoms with van der Waals surface area (Å²) in [5.41, 5.74) is -1.51. The van der Waals surface area contributed by atoms with Crippen LogP contribution in [-0.4, -0.2) is 39.6 Å². The van der Waals surface area contributed by atoms with E-state index in [2.05, 4.69) is 11.9 Å². The van der Waals surface area contributed by atoms with Gasteiger partial charge in [0.05, 0.1) is 0 Å². The Morgan fingerprint density at radius 1 is 1.24 bits per heavy atom. The molecule has 1 fully saturated rings. The van der Waals surface area contributed by atoms with Crippen molar-refractivity contribution in [2.24, 2.45) is 0 Å². The van der Waals surface area contributed by atoms with Crippen LogP contribution in [0.3, 0.4) is 0 Å². The maximum absolute atomic E-state index is 12.6. The topological polar surface area (TPSA) is 69.6 Å². The molecule has 5 heteroatoms. The largest absolute Gasteiger partial charge is 0.480 e. The highest BCUT2D eigenvalue weighted by atomic mass is 16.4. The molecule has 0 bridgehead atoms. The molecule has 1 rings (SSSR count). The molecule has 0 atom stereocenters. The molecule has 1 saturated carbocycles. The first-order valence-corrected chi connectivity index (χ1v) is 7.67. The average Bonchev–Trinajstić information content (AvgIpc) is 2.61. The molecular weight excluding hydrogens is 268 g/mol. The van der Waals surface area contributed by atoms with Gasteiger partial charge in [0.2, 0.25) is 0 Å². The second-order valence-electron chi connectivity index (χ2n) is 6.80. The fourth-order valence-electron chi connectivity index (χ4n) is 2.79. The summed E-state index contributed by atoms with van der Waals surface area (Å²) in [6, 6.07) is -0.327. The van der Waals surface area contributed by atoms with Gasteiger partial charge >= 0.3 is 12.0 Å². The van der Waals surface area contributed by atoms with Gasteiger partial charge in [-0.3, -0.25) is 0 Å². The minimum Gasteiger partial charge on any atom is -0.480 e. The summed E-state index contributed by atoms with van der Waals surface area (Å²) in [6.45, 7) is 9.85. The Kier molecular flexibility index (Phi) is 5.81. The van der Waals surface area contributed by atoms with E-state index >= 15 is 0 Å². The first-order valence-electron chi connectivity index (χ1n) is 7.67. The van der Waals surface area contributed by atoms with E-state index in [1.807, 2.05) is 20.8 Å². The van der Waals surface area contributed by atoms with Crippen molar-refractivity contribution in [3.05, 3.63) is 12.7 Å². The van der Waals surface area contributed by atoms with Crippen LogP contribution in [-0.2, 0) is 4.79 Å². The monoisotopic (exact) mass is 296 g/mol. The number of nitrogens with zero attached hydrogens (tertiary/aromatic N) is 1. The summed E-state index contributed by atoms with van der Waals surface area (Å²) in [5, 5.41) is 12.4. The van der Waals surface area contributed by atoms with Gasteiger partial charge < -0.3 is 15.3 Å². The normalized spacial score (nSPS) is 18.4. The predicted molar refractivity (Wildman–Crippen MR) is 83.3 cm³/mol. The van der Waals surface area contributed by atoms with Gasteiger partial charge in [-0.1, -0.05) is 31.8 Å². The Bertz CT molecular complexity index is 391. The highest BCUT2D eigenvalue weighted by Crippen LogP contribution is 2.28. The van der Waals surface area contributed by atoms with Gasteiger partial charge in [-0.25, -0.2) is 9.59 Å². The first-order chi connectivity index (χ1) is 9.73. The molecule has 0 spiro atoms. The molecular formula is C16H28N2O3. The number of nitrogens with one attached hydrogen (secondary N) is 1. The number of carboxylic acid groups (broad SMARTS) is 1. The van der Waals surface area contributed by atoms with Gasteiger partial charge in [-0.2, -0.15) is 0 Å². The number of urea groups is 1. The molecule has 0 aromatic heterocycles. The Balaban J connectivity index is 2.93. The number of aliphatic carboxylic acids is 1. The van der Waals surface area contributed by atoms with Crippen molar-refractivity contribution in [3.63, 3.8) is 0 Å². The number of carboxylic acids is 1. The van der Waals surface area contributed by atoms with Crippen LogP contribution in [0.1, 0.15) is 59.3 Å². The number of hydrogen-bond acceptors (Lipinski definition) is 2. The molecule has 1 aliphatic rings. The third-order valence-corrected chi connectivity index (χ3v) is 4.08. The first kappa shape index (κ1) is 17.5. The lowest BCUT2D eigenvalue weighted by Gasteiger charge is -2.38. The molecule has 0 heterocycles. The van der Waals surface area contributed by atoms with Crippen molar-refractivity contribution in [2.45, 2.75) is 70.4 Å². The Morgan fingerprint density at radius 3 is 2.14 bits per heavy atom. The highest BCUT2D eigenvalue weighted by Gasteiger charge is 2.42. The van der Waals surface area contributed by atoms with Crippen LogP contribution < -0.4 is 5.32 Å². The van der Waals surface area contributed by atoms with Gasteiger partial charge in [-0.05, 0) is 33.6 Å². The number of rotatable bonds is 4. The van der Waals surface area contributed by atoms with E-state index in [-0.39, 0.29) is 11.6 Å². The van der Waals surface area contributed by atoms with Crippen LogP contribution in [0, 0.1) is 0 Å². The summed E-state index contributed by atoms with van der Waals surface area (Å²) in [7, 11) is 0. The molecule has 2 amide bonds. The molecule has 0 saturated heterocycles. The van der Waals surface area contributed by atoms with Crippen molar-refractivity contribution < 1.29 is 14.7 Å². The van der Waals surface area contributed by atoms with Gasteiger partial charge in [0.1, 0.15) is 5.54 Å². The van der Waals surface area contributed by atoms with E-state index in [0.717, 1.165) is 25.7 Å². The molecule has 0 aromatic rings. The van der Waals surface area contributed by atoms with Gasteiger partial charge in [0.15, 0.2) is 0 Å². The van der Waals surface area contributed by atoms with Gasteiger partial charge in [-0.15, -0.1) is 6.58 Å². The molecule has 2 N–H and O–H groups in total. The van der Waals surface area contributed by atoms with E-state index in [0.29, 0.717) is 19.4 Å². The maximum atomic E-state index is 12.6. The summed E-state index contributed by atoms with van der Waals surface area (Å²) < 4.78 is 0. The van der Waals surface area contributed by atoms with Crippen molar-refractivity contribution in [2.75, 3.05) is 6.54 Å². The molecule has 0 radical (unpaired) electrons. The van der Waals surface area contributed by atoms with Crippen LogP contribution in [0.4, 0.5) is 4.79 Å². The quantitative estimate of drug-likeness (QED) is 0.618. The van der Waals surface area contributed by atoms with Crippen LogP contribution in [0.2, 0.25) is 0 Å². The molecule has 0 aromatic carbocycles. The summed E-state index contributed by atoms with van der Waals surface area (Å²) in [4.78, 5) is 25.9. The second kappa shape index (κ2) is 6.96. The van der Waals surface area contributed by atoms with E-state index in [1.54, 1.807) is 11.0 Å². The van der Waals surface area contributed by atoms with Crippen LogP contribution in [0.15, 0.2) is 12.7 Å². The number of amides is 2. The van der Waals surface area contributed by atoms with Gasteiger partial charge in [0, 0.05) is 12.1 Å². The molecule has 0 unspecified atom stereocenters. The molecule has 120 valence electrons. The fraction of sp³-hybridized carbons (Fsp3) is 0.750. The van der Waals surface area contributed by atoms with Crippen LogP contribution in [0.25, 0.3) is 0 Å². The predicted octanol–water partition coefficient (Wildman–Crippen LogP) is 3.16. The Morgan fingerprint density at radius 2 is 1.76 bits per heavy atom. The Labute approximate surface area is 127 Å². The van der Waals surface area contributed by atoms with E-state index in [9.17, 15) is 14.7 Å². The lowest BCUT2D eigenvalue weighted by molar-refractivity contribution is -0.145. The summed E-state index contributed by atoms with van der Waals surface area (Å²) in [6.07, 6.45) is 6.39. The molecule has 1 aliphatic carbocycles. The number of carbonyl (C=O) groups is 2. The van der Waals surface area contributed by atoms with Crippen LogP contribution in [0.5, 0.6) is 0 Å². The smallest absolute Gasteiger partial charge is 0.329 e. The third kappa shape index (κ3) is 4.48. The molecule has 0 aliphatic heterocycles. The van der Waals surface area contributed by atoms with E-state index in [4.69, 9.17) is 0 Å². The van der Waals surface area contributed by atoms with Gasteiger partial charge in [0.25, 0.3) is 0 Å². The van der Waals surface area contributed by atoms with Crippen molar-refractivity contribution in [3.8, 4) is 0 Å². The standard InChI is InChI=1S/C16H28N2O3/c1-5-12-18(15(2,3)4)14(21)17-16(13(19)20)10-8-6-7-9-11-16/h5H,1,6-12H2,2-4H3,(H,17,21)(H,19,20). The zero-order valence-corrected chi connectivity index (χ0v) is 13.4. The number of carbonyl (C=O) groups excluding carboxylic acids is 1. The highest BCUT2D eigenvalue weighted by molar-refractivity contribution is 5.86. The van der Waals surface area contributed by atoms with E-state index < -0.39 is 11.5 Å². The van der Waals surface area contributed by atoms with E-state index in [1.165, 1.54) is 0 Å². The molecule has 21 heavy (non-hydrogen) atoms. The third-order valence-electron chi connectivity index (χ3n) is 4.08. The summed E-state index contributed by atoms with van der Waals surface area (Å²) >= 11 is 0. The minimum atomic E-state index is -1.13. The zero-order chi connectivity index (χ0) is 16.1. The maximum Gasteiger partial charge on any atom is 0.329 e. The fourth-order valence-corrected chi connectivity index (χ4v) is 2.79. The van der Waals surface area contributed by atoms with Crippen molar-refractivity contribution in [1.29, 1.82) is 0 Å². The SMILES string of the molecule is C=CCN(C(=O)NC1(C(=O)O)CCCCCC1)C(C)(C)C. The second-order valence-corrected chi connectivity index (χ2v) is 6.80. The summed E-state index contributed by atoms with van der Waals surface area (Å²) in [5.74, 6) is -0.926. The Hall–Kier alpha value is -1.52. The zero-order valence-electron chi connectivity index (χ0n) is 13.4. The molecule has 5 nitrogen and oxygen atoms in total. The van der Waals surface area contributed by atoms with Crippen molar-refractivity contribution in [1.82, 2.24) is 10.2 Å². The number of hydrogen-bond donors (Lipinski definition) is 2.